The van der Waals surface area contributed by atoms with Crippen LogP contribution in [-0.4, -0.2) is 31.1 Å². The largest absolute Gasteiger partial charge is 0.419 e. The van der Waals surface area contributed by atoms with Gasteiger partial charge in [0.15, 0.2) is 0 Å². The van der Waals surface area contributed by atoms with E-state index in [4.69, 9.17) is 11.6 Å². The molecule has 3 aromatic heterocycles. The molecule has 0 aliphatic heterocycles. The zero-order valence-electron chi connectivity index (χ0n) is 20.5. The number of pyridine rings is 2. The second-order valence-electron chi connectivity index (χ2n) is 9.59. The van der Waals surface area contributed by atoms with Crippen LogP contribution in [0.3, 0.4) is 0 Å². The molecule has 0 saturated heterocycles. The average Bonchev–Trinajstić information content (AvgIpc) is 3.17. The quantitative estimate of drug-likeness (QED) is 0.358. The Bertz CT molecular complexity index is 1550. The van der Waals surface area contributed by atoms with Crippen molar-refractivity contribution in [1.29, 1.82) is 0 Å². The van der Waals surface area contributed by atoms with Gasteiger partial charge in [0.2, 0.25) is 0 Å². The molecule has 1 N–H and O–H groups in total. The van der Waals surface area contributed by atoms with Crippen LogP contribution in [0.4, 0.5) is 13.2 Å². The lowest BCUT2D eigenvalue weighted by Gasteiger charge is -2.29. The number of amides is 1. The van der Waals surface area contributed by atoms with Gasteiger partial charge >= 0.3 is 11.9 Å². The summed E-state index contributed by atoms with van der Waals surface area (Å²) in [5.41, 5.74) is 0.272. The predicted molar refractivity (Wildman–Crippen MR) is 138 cm³/mol. The summed E-state index contributed by atoms with van der Waals surface area (Å²) in [6, 6.07) is 9.64. The summed E-state index contributed by atoms with van der Waals surface area (Å²) in [5.74, 6) is -0.0905. The van der Waals surface area contributed by atoms with Gasteiger partial charge < -0.3 is 5.32 Å². The van der Waals surface area contributed by atoms with Crippen LogP contribution in [0.2, 0.25) is 5.02 Å². The van der Waals surface area contributed by atoms with Gasteiger partial charge in [-0.05, 0) is 62.8 Å². The molecule has 3 heterocycles. The number of imidazole rings is 1. The highest BCUT2D eigenvalue weighted by Crippen LogP contribution is 2.34. The molecular weight excluding hydrogens is 519 g/mol. The third-order valence-corrected chi connectivity index (χ3v) is 7.31. The van der Waals surface area contributed by atoms with Crippen molar-refractivity contribution in [2.75, 3.05) is 0 Å². The van der Waals surface area contributed by atoms with Gasteiger partial charge in [0.05, 0.1) is 38.6 Å². The lowest BCUT2D eigenvalue weighted by atomic mass is 9.85. The molecule has 0 atom stereocenters. The lowest BCUT2D eigenvalue weighted by Crippen LogP contribution is -2.39. The van der Waals surface area contributed by atoms with Crippen molar-refractivity contribution >= 4 is 28.5 Å². The minimum atomic E-state index is -4.66. The van der Waals surface area contributed by atoms with Crippen molar-refractivity contribution in [1.82, 2.24) is 24.4 Å². The number of nitrogens with one attached hydrogen (secondary N) is 1. The molecule has 4 aromatic rings. The lowest BCUT2D eigenvalue weighted by molar-refractivity contribution is -0.137. The highest BCUT2D eigenvalue weighted by atomic mass is 35.5. The molecule has 0 bridgehead atoms. The van der Waals surface area contributed by atoms with Crippen LogP contribution >= 0.6 is 11.6 Å². The first kappa shape index (κ1) is 26.0. The second kappa shape index (κ2) is 10.2. The average molecular weight is 544 g/mol. The molecule has 1 saturated carbocycles. The number of rotatable bonds is 5. The van der Waals surface area contributed by atoms with Crippen LogP contribution in [0.5, 0.6) is 0 Å². The maximum absolute atomic E-state index is 13.7. The molecule has 198 valence electrons. The van der Waals surface area contributed by atoms with E-state index in [9.17, 15) is 22.8 Å². The number of hydrogen-bond donors (Lipinski definition) is 1. The van der Waals surface area contributed by atoms with Crippen LogP contribution < -0.4 is 11.0 Å². The normalized spacial score (nSPS) is 18.0. The van der Waals surface area contributed by atoms with Gasteiger partial charge in [-0.25, -0.2) is 4.79 Å². The van der Waals surface area contributed by atoms with E-state index in [1.165, 1.54) is 18.5 Å². The number of nitrogens with zero attached hydrogens (tertiary/aromatic N) is 4. The molecule has 5 rings (SSSR count). The number of fused-ring (bicyclic) bond motifs is 1. The maximum Gasteiger partial charge on any atom is 0.419 e. The van der Waals surface area contributed by atoms with Crippen molar-refractivity contribution < 1.29 is 18.0 Å². The van der Waals surface area contributed by atoms with E-state index < -0.39 is 17.4 Å². The first-order valence-corrected chi connectivity index (χ1v) is 12.7. The third-order valence-electron chi connectivity index (χ3n) is 7.10. The predicted octanol–water partition coefficient (Wildman–Crippen LogP) is 5.55. The van der Waals surface area contributed by atoms with Gasteiger partial charge in [-0.15, -0.1) is 0 Å². The van der Waals surface area contributed by atoms with Crippen molar-refractivity contribution in [3.05, 3.63) is 87.3 Å². The second-order valence-corrected chi connectivity index (χ2v) is 10.0. The molecule has 1 amide bonds. The van der Waals surface area contributed by atoms with E-state index >= 15 is 0 Å². The van der Waals surface area contributed by atoms with Crippen LogP contribution in [0.1, 0.15) is 47.3 Å². The first-order chi connectivity index (χ1) is 18.1. The van der Waals surface area contributed by atoms with Crippen LogP contribution in [0, 0.1) is 12.8 Å². The number of aryl methyl sites for hydroxylation is 1. The number of carbonyl (C=O) groups excluding carboxylic acids is 1. The number of carbonyl (C=O) groups is 1. The summed E-state index contributed by atoms with van der Waals surface area (Å²) in [6.07, 6.45) is 1.79. The number of para-hydroxylation sites is 2. The minimum Gasteiger partial charge on any atom is -0.349 e. The van der Waals surface area contributed by atoms with Crippen LogP contribution in [0.25, 0.3) is 16.7 Å². The SMILES string of the molecule is Cc1ncc(Cl)cc1C(=O)NC1CCC(Cn2c(=O)n(-c3ccncc3C(F)(F)F)c3ccccc32)CC1. The fourth-order valence-electron chi connectivity index (χ4n) is 5.17. The summed E-state index contributed by atoms with van der Waals surface area (Å²) < 4.78 is 43.8. The van der Waals surface area contributed by atoms with Gasteiger partial charge in [-0.3, -0.25) is 23.9 Å². The van der Waals surface area contributed by atoms with Gasteiger partial charge in [0.25, 0.3) is 5.91 Å². The highest BCUT2D eigenvalue weighted by molar-refractivity contribution is 6.30. The van der Waals surface area contributed by atoms with Crippen molar-refractivity contribution in [2.24, 2.45) is 5.92 Å². The van der Waals surface area contributed by atoms with Crippen molar-refractivity contribution in [2.45, 2.75) is 51.4 Å². The monoisotopic (exact) mass is 543 g/mol. The molecule has 0 radical (unpaired) electrons. The number of hydrogen-bond acceptors (Lipinski definition) is 4. The molecule has 38 heavy (non-hydrogen) atoms. The zero-order chi connectivity index (χ0) is 27.0. The Kier molecular flexibility index (Phi) is 7.00. The molecule has 11 heteroatoms. The fourth-order valence-corrected chi connectivity index (χ4v) is 5.32. The molecule has 1 aromatic carbocycles. The molecule has 0 spiro atoms. The minimum absolute atomic E-state index is 0.0265. The van der Waals surface area contributed by atoms with E-state index in [1.54, 1.807) is 41.8 Å². The van der Waals surface area contributed by atoms with Crippen molar-refractivity contribution in [3.63, 3.8) is 0 Å². The first-order valence-electron chi connectivity index (χ1n) is 12.3. The Morgan fingerprint density at radius 3 is 2.53 bits per heavy atom. The molecule has 1 fully saturated rings. The number of aromatic nitrogens is 4. The topological polar surface area (TPSA) is 81.8 Å². The summed E-state index contributed by atoms with van der Waals surface area (Å²) in [4.78, 5) is 34.0. The highest BCUT2D eigenvalue weighted by Gasteiger charge is 2.35. The number of benzene rings is 1. The summed E-state index contributed by atoms with van der Waals surface area (Å²) >= 11 is 5.99. The van der Waals surface area contributed by atoms with Gasteiger partial charge in [0.1, 0.15) is 0 Å². The van der Waals surface area contributed by atoms with E-state index in [0.717, 1.165) is 36.4 Å². The van der Waals surface area contributed by atoms with Gasteiger partial charge in [-0.2, -0.15) is 13.2 Å². The Hall–Kier alpha value is -3.66. The number of halogens is 4. The standard InChI is InChI=1S/C27H25ClF3N5O2/c1-16-20(12-18(28)13-33-16)25(37)34-19-8-6-17(7-9-19)15-35-23-4-2-3-5-24(23)36(26(35)38)22-10-11-32-14-21(22)27(29,30)31/h2-5,10-14,17,19H,6-9,15H2,1H3,(H,34,37). The summed E-state index contributed by atoms with van der Waals surface area (Å²) in [7, 11) is 0. The smallest absolute Gasteiger partial charge is 0.349 e. The number of alkyl halides is 3. The van der Waals surface area contributed by atoms with Gasteiger partial charge in [-0.1, -0.05) is 23.7 Å². The zero-order valence-corrected chi connectivity index (χ0v) is 21.3. The van der Waals surface area contributed by atoms with E-state index in [-0.39, 0.29) is 23.6 Å². The molecule has 7 nitrogen and oxygen atoms in total. The van der Waals surface area contributed by atoms with Gasteiger partial charge in [0, 0.05) is 31.2 Å². The van der Waals surface area contributed by atoms with E-state index in [1.807, 2.05) is 0 Å². The van der Waals surface area contributed by atoms with Crippen LogP contribution in [0.15, 0.2) is 59.8 Å². The summed E-state index contributed by atoms with van der Waals surface area (Å²) in [5, 5.41) is 3.44. The summed E-state index contributed by atoms with van der Waals surface area (Å²) in [6.45, 7) is 2.12. The molecule has 1 aliphatic carbocycles. The Balaban J connectivity index is 1.35. The third kappa shape index (κ3) is 5.05. The maximum atomic E-state index is 13.7. The Morgan fingerprint density at radius 2 is 1.82 bits per heavy atom. The Morgan fingerprint density at radius 1 is 1.11 bits per heavy atom. The fraction of sp³-hybridized carbons (Fsp3) is 0.333. The molecule has 0 unspecified atom stereocenters. The van der Waals surface area contributed by atoms with E-state index in [0.29, 0.717) is 33.9 Å². The molecule has 1 aliphatic rings. The Labute approximate surface area is 221 Å². The van der Waals surface area contributed by atoms with E-state index in [2.05, 4.69) is 15.3 Å². The van der Waals surface area contributed by atoms with Crippen molar-refractivity contribution in [3.8, 4) is 5.69 Å². The molecular formula is C27H25ClF3N5O2. The van der Waals surface area contributed by atoms with Crippen LogP contribution in [-0.2, 0) is 12.7 Å².